The van der Waals surface area contributed by atoms with Gasteiger partial charge in [-0.2, -0.15) is 0 Å². The fourth-order valence-electron chi connectivity index (χ4n) is 2.24. The summed E-state index contributed by atoms with van der Waals surface area (Å²) in [6.45, 7) is 6.25. The predicted molar refractivity (Wildman–Crippen MR) is 79.3 cm³/mol. The van der Waals surface area contributed by atoms with Crippen molar-refractivity contribution in [1.82, 2.24) is 4.98 Å². The Morgan fingerprint density at radius 3 is 2.67 bits per heavy atom. The van der Waals surface area contributed by atoms with Crippen LogP contribution in [0.1, 0.15) is 23.7 Å². The number of hydrogen-bond acceptors (Lipinski definition) is 2. The predicted octanol–water partition coefficient (Wildman–Crippen LogP) is 3.96. The molecule has 1 aromatic carbocycles. The van der Waals surface area contributed by atoms with Crippen LogP contribution in [0.2, 0.25) is 0 Å². The van der Waals surface area contributed by atoms with Crippen molar-refractivity contribution in [3.8, 4) is 0 Å². The third-order valence-corrected chi connectivity index (χ3v) is 3.26. The molecule has 0 aliphatic rings. The Labute approximate surface area is 108 Å². The van der Waals surface area contributed by atoms with E-state index < -0.39 is 0 Å². The van der Waals surface area contributed by atoms with Gasteiger partial charge in [0.2, 0.25) is 0 Å². The van der Waals surface area contributed by atoms with Gasteiger partial charge in [-0.05, 0) is 37.3 Å². The van der Waals surface area contributed by atoms with Gasteiger partial charge in [-0.1, -0.05) is 24.3 Å². The van der Waals surface area contributed by atoms with E-state index in [1.165, 1.54) is 21.9 Å². The van der Waals surface area contributed by atoms with Crippen molar-refractivity contribution in [2.24, 2.45) is 4.99 Å². The molecular formula is C16H18N2. The van der Waals surface area contributed by atoms with Crippen molar-refractivity contribution in [3.05, 3.63) is 47.3 Å². The molecule has 0 aliphatic carbocycles. The molecule has 1 heterocycles. The Bertz CT molecular complexity index is 637. The first-order valence-electron chi connectivity index (χ1n) is 6.12. The van der Waals surface area contributed by atoms with E-state index in [0.717, 1.165) is 11.3 Å². The fourth-order valence-corrected chi connectivity index (χ4v) is 2.24. The zero-order chi connectivity index (χ0) is 13.1. The number of nitrogens with zero attached hydrogens (tertiary/aromatic N) is 2. The van der Waals surface area contributed by atoms with Crippen LogP contribution >= 0.6 is 0 Å². The van der Waals surface area contributed by atoms with Gasteiger partial charge in [0, 0.05) is 30.4 Å². The molecule has 0 aliphatic heterocycles. The van der Waals surface area contributed by atoms with Crippen molar-refractivity contribution in [2.45, 2.75) is 20.8 Å². The largest absolute Gasteiger partial charge is 0.296 e. The van der Waals surface area contributed by atoms with Crippen molar-refractivity contribution < 1.29 is 0 Å². The average Bonchev–Trinajstić information content (AvgIpc) is 2.38. The average molecular weight is 238 g/mol. The number of aromatic nitrogens is 1. The molecule has 2 heteroatoms. The highest BCUT2D eigenvalue weighted by molar-refractivity contribution is 6.10. The zero-order valence-electron chi connectivity index (χ0n) is 11.4. The first-order chi connectivity index (χ1) is 8.69. The monoisotopic (exact) mass is 238 g/mol. The lowest BCUT2D eigenvalue weighted by atomic mass is 9.99. The molecule has 0 spiro atoms. The summed E-state index contributed by atoms with van der Waals surface area (Å²) in [6, 6.07) is 6.37. The maximum absolute atomic E-state index is 4.60. The smallest absolute Gasteiger partial charge is 0.0749 e. The first-order valence-corrected chi connectivity index (χ1v) is 6.12. The summed E-state index contributed by atoms with van der Waals surface area (Å²) >= 11 is 0. The van der Waals surface area contributed by atoms with Crippen LogP contribution in [0.15, 0.2) is 35.5 Å². The Morgan fingerprint density at radius 1 is 1.22 bits per heavy atom. The van der Waals surface area contributed by atoms with Gasteiger partial charge < -0.3 is 0 Å². The number of rotatable bonds is 2. The number of hydrogen-bond donors (Lipinski definition) is 0. The molecule has 0 fully saturated rings. The molecule has 2 nitrogen and oxygen atoms in total. The summed E-state index contributed by atoms with van der Waals surface area (Å²) in [4.78, 5) is 8.69. The van der Waals surface area contributed by atoms with Crippen LogP contribution in [0.25, 0.3) is 16.3 Å². The number of aryl methyl sites for hydroxylation is 2. The SMILES string of the molecule is C/C=C(\C=N/C)c1ncc2c(C)cccc2c1C. The summed E-state index contributed by atoms with van der Waals surface area (Å²) in [5.74, 6) is 0. The maximum atomic E-state index is 4.60. The number of aliphatic imine (C=N–C) groups is 1. The van der Waals surface area contributed by atoms with Crippen molar-refractivity contribution >= 4 is 22.6 Å². The van der Waals surface area contributed by atoms with E-state index in [1.807, 2.05) is 25.4 Å². The Balaban J connectivity index is 2.73. The van der Waals surface area contributed by atoms with Gasteiger partial charge in [0.25, 0.3) is 0 Å². The molecule has 0 atom stereocenters. The van der Waals surface area contributed by atoms with Gasteiger partial charge in [-0.15, -0.1) is 0 Å². The summed E-state index contributed by atoms with van der Waals surface area (Å²) in [5.41, 5.74) is 4.56. The van der Waals surface area contributed by atoms with Gasteiger partial charge >= 0.3 is 0 Å². The Kier molecular flexibility index (Phi) is 3.56. The van der Waals surface area contributed by atoms with E-state index in [0.29, 0.717) is 0 Å². The molecule has 92 valence electrons. The maximum Gasteiger partial charge on any atom is 0.0749 e. The lowest BCUT2D eigenvalue weighted by molar-refractivity contribution is 1.25. The highest BCUT2D eigenvalue weighted by Crippen LogP contribution is 2.25. The second kappa shape index (κ2) is 5.13. The van der Waals surface area contributed by atoms with Gasteiger partial charge in [0.15, 0.2) is 0 Å². The molecular weight excluding hydrogens is 220 g/mol. The Morgan fingerprint density at radius 2 is 2.00 bits per heavy atom. The molecule has 2 rings (SSSR count). The fraction of sp³-hybridized carbons (Fsp3) is 0.250. The van der Waals surface area contributed by atoms with Gasteiger partial charge in [-0.3, -0.25) is 9.98 Å². The van der Waals surface area contributed by atoms with Crippen LogP contribution in [0, 0.1) is 13.8 Å². The normalized spacial score (nSPS) is 12.6. The van der Waals surface area contributed by atoms with Gasteiger partial charge in [0.1, 0.15) is 0 Å². The molecule has 0 unspecified atom stereocenters. The number of pyridine rings is 1. The van der Waals surface area contributed by atoms with E-state index in [4.69, 9.17) is 0 Å². The van der Waals surface area contributed by atoms with Crippen molar-refractivity contribution in [1.29, 1.82) is 0 Å². The van der Waals surface area contributed by atoms with E-state index in [9.17, 15) is 0 Å². The zero-order valence-corrected chi connectivity index (χ0v) is 11.4. The third kappa shape index (κ3) is 2.06. The quantitative estimate of drug-likeness (QED) is 0.727. The van der Waals surface area contributed by atoms with Crippen molar-refractivity contribution in [3.63, 3.8) is 0 Å². The van der Waals surface area contributed by atoms with E-state index in [-0.39, 0.29) is 0 Å². The standard InChI is InChI=1S/C16H18N2/c1-5-13(9-17-4)16-12(3)14-8-6-7-11(2)15(14)10-18-16/h5-10H,1-4H3/b13-5+,17-9-. The number of benzene rings is 1. The molecule has 0 bridgehead atoms. The highest BCUT2D eigenvalue weighted by atomic mass is 14.7. The van der Waals surface area contributed by atoms with Crippen LogP contribution in [-0.2, 0) is 0 Å². The minimum Gasteiger partial charge on any atom is -0.296 e. The molecule has 0 radical (unpaired) electrons. The molecule has 0 saturated heterocycles. The van der Waals surface area contributed by atoms with E-state index >= 15 is 0 Å². The number of fused-ring (bicyclic) bond motifs is 1. The topological polar surface area (TPSA) is 25.2 Å². The number of allylic oxidation sites excluding steroid dienone is 2. The summed E-state index contributed by atoms with van der Waals surface area (Å²) in [7, 11) is 1.78. The molecule has 0 saturated carbocycles. The van der Waals surface area contributed by atoms with Gasteiger partial charge in [0.05, 0.1) is 5.69 Å². The second-order valence-electron chi connectivity index (χ2n) is 4.40. The van der Waals surface area contributed by atoms with E-state index in [2.05, 4.69) is 42.0 Å². The second-order valence-corrected chi connectivity index (χ2v) is 4.40. The lowest BCUT2D eigenvalue weighted by Crippen LogP contribution is -1.96. The molecule has 2 aromatic rings. The summed E-state index contributed by atoms with van der Waals surface area (Å²) < 4.78 is 0. The van der Waals surface area contributed by atoms with Crippen LogP contribution < -0.4 is 0 Å². The minimum absolute atomic E-state index is 1.02. The first kappa shape index (κ1) is 12.5. The molecule has 1 aromatic heterocycles. The summed E-state index contributed by atoms with van der Waals surface area (Å²) in [5, 5.41) is 2.49. The van der Waals surface area contributed by atoms with Crippen LogP contribution in [-0.4, -0.2) is 18.2 Å². The molecule has 18 heavy (non-hydrogen) atoms. The highest BCUT2D eigenvalue weighted by Gasteiger charge is 2.08. The van der Waals surface area contributed by atoms with Crippen molar-refractivity contribution in [2.75, 3.05) is 7.05 Å². The molecule has 0 N–H and O–H groups in total. The van der Waals surface area contributed by atoms with Crippen LogP contribution in [0.3, 0.4) is 0 Å². The Hall–Kier alpha value is -1.96. The summed E-state index contributed by atoms with van der Waals surface area (Å²) in [6.07, 6.45) is 5.86. The molecule has 0 amide bonds. The third-order valence-electron chi connectivity index (χ3n) is 3.26. The van der Waals surface area contributed by atoms with Crippen LogP contribution in [0.4, 0.5) is 0 Å². The lowest BCUT2D eigenvalue weighted by Gasteiger charge is -2.10. The van der Waals surface area contributed by atoms with Gasteiger partial charge in [-0.25, -0.2) is 0 Å². The minimum atomic E-state index is 1.02. The van der Waals surface area contributed by atoms with Crippen LogP contribution in [0.5, 0.6) is 0 Å². The van der Waals surface area contributed by atoms with E-state index in [1.54, 1.807) is 7.05 Å².